The van der Waals surface area contributed by atoms with Crippen molar-refractivity contribution >= 4 is 33.3 Å². The van der Waals surface area contributed by atoms with Crippen LogP contribution in [0.5, 0.6) is 0 Å². The van der Waals surface area contributed by atoms with Gasteiger partial charge in [-0.2, -0.15) is 4.98 Å². The largest absolute Gasteiger partial charge is 0.396 e. The van der Waals surface area contributed by atoms with Gasteiger partial charge in [0, 0.05) is 19.1 Å². The van der Waals surface area contributed by atoms with E-state index < -0.39 is 5.79 Å². The number of rotatable bonds is 7. The number of aromatic nitrogens is 3. The van der Waals surface area contributed by atoms with Crippen LogP contribution in [0.1, 0.15) is 42.7 Å². The molecule has 1 saturated heterocycles. The summed E-state index contributed by atoms with van der Waals surface area (Å²) in [7, 11) is 0. The van der Waals surface area contributed by atoms with Crippen LogP contribution >= 0.6 is 11.3 Å². The van der Waals surface area contributed by atoms with Gasteiger partial charge >= 0.3 is 0 Å². The number of aryl methyl sites for hydroxylation is 3. The third-order valence-corrected chi connectivity index (χ3v) is 8.52. The average Bonchev–Trinajstić information content (AvgIpc) is 3.53. The number of aliphatic hydroxyl groups excluding tert-OH is 1. The summed E-state index contributed by atoms with van der Waals surface area (Å²) in [5.41, 5.74) is 6.32. The molecule has 1 aliphatic heterocycles. The molecule has 204 valence electrons. The van der Waals surface area contributed by atoms with Gasteiger partial charge in [-0.05, 0) is 58.7 Å². The number of nitrogens with zero attached hydrogens (tertiary/aromatic N) is 3. The monoisotopic (exact) mass is 545 g/mol. The number of benzene rings is 2. The Kier molecular flexibility index (Phi) is 6.79. The molecule has 0 bridgehead atoms. The first-order valence-electron chi connectivity index (χ1n) is 13.5. The van der Waals surface area contributed by atoms with Crippen LogP contribution in [0.2, 0.25) is 0 Å². The molecule has 0 radical (unpaired) electrons. The number of ether oxygens (including phenoxy) is 2. The van der Waals surface area contributed by atoms with Crippen LogP contribution < -0.4 is 10.6 Å². The molecule has 2 aromatic heterocycles. The zero-order valence-corrected chi connectivity index (χ0v) is 23.8. The fraction of sp³-hybridized carbons (Fsp3) is 0.433. The van der Waals surface area contributed by atoms with Gasteiger partial charge in [-0.1, -0.05) is 41.5 Å². The van der Waals surface area contributed by atoms with E-state index in [0.29, 0.717) is 18.3 Å². The quantitative estimate of drug-likeness (QED) is 0.276. The van der Waals surface area contributed by atoms with Gasteiger partial charge in [0.05, 0.1) is 33.6 Å². The summed E-state index contributed by atoms with van der Waals surface area (Å²) in [6.07, 6.45) is 0.357. The fourth-order valence-electron chi connectivity index (χ4n) is 5.93. The van der Waals surface area contributed by atoms with E-state index >= 15 is 0 Å². The van der Waals surface area contributed by atoms with E-state index in [9.17, 15) is 5.11 Å². The number of hydrogen-bond acceptors (Lipinski definition) is 9. The van der Waals surface area contributed by atoms with Crippen LogP contribution in [0, 0.1) is 26.7 Å². The number of anilines is 2. The van der Waals surface area contributed by atoms with Crippen molar-refractivity contribution in [3.63, 3.8) is 0 Å². The number of aliphatic hydroxyl groups is 1. The summed E-state index contributed by atoms with van der Waals surface area (Å²) in [6.45, 7) is 10.7. The highest BCUT2D eigenvalue weighted by atomic mass is 32.1. The van der Waals surface area contributed by atoms with Crippen molar-refractivity contribution < 1.29 is 14.6 Å². The minimum atomic E-state index is -0.695. The van der Waals surface area contributed by atoms with Crippen molar-refractivity contribution in [3.8, 4) is 10.6 Å². The lowest BCUT2D eigenvalue weighted by Crippen LogP contribution is -2.35. The molecule has 4 atom stereocenters. The third kappa shape index (κ3) is 5.24. The highest BCUT2D eigenvalue weighted by molar-refractivity contribution is 7.21. The second kappa shape index (κ2) is 10.1. The molecule has 2 fully saturated rings. The van der Waals surface area contributed by atoms with E-state index in [1.807, 2.05) is 39.0 Å². The summed E-state index contributed by atoms with van der Waals surface area (Å²) in [4.78, 5) is 14.7. The van der Waals surface area contributed by atoms with E-state index in [1.165, 1.54) is 16.7 Å². The maximum atomic E-state index is 10.1. The topological polar surface area (TPSA) is 101 Å². The van der Waals surface area contributed by atoms with Crippen LogP contribution in [0.4, 0.5) is 11.8 Å². The van der Waals surface area contributed by atoms with Crippen molar-refractivity contribution in [1.82, 2.24) is 15.0 Å². The first-order chi connectivity index (χ1) is 18.7. The van der Waals surface area contributed by atoms with Crippen LogP contribution in [-0.4, -0.2) is 50.7 Å². The van der Waals surface area contributed by atoms with Gasteiger partial charge < -0.3 is 25.2 Å². The average molecular weight is 546 g/mol. The van der Waals surface area contributed by atoms with E-state index in [4.69, 9.17) is 24.4 Å². The number of thiazole rings is 1. The van der Waals surface area contributed by atoms with Crippen LogP contribution in [0.25, 0.3) is 20.8 Å². The molecule has 1 saturated carbocycles. The molecule has 2 aromatic carbocycles. The standard InChI is InChI=1S/C30H35N5O3S/c1-16-10-17(2)12-19(11-16)14-31-29-32-18(3)24(28-34-21-8-6-7-9-23(21)39-28)27(35-29)33-22-13-20(15-36)25-26(22)38-30(4,5)37-25/h6-12,20,22,25-26,36H,13-15H2,1-5H3,(H2,31,32,33,35)/t20-,22-,25-,26+/m1/s1. The summed E-state index contributed by atoms with van der Waals surface area (Å²) in [6, 6.07) is 14.6. The Morgan fingerprint density at radius 3 is 2.49 bits per heavy atom. The highest BCUT2D eigenvalue weighted by Crippen LogP contribution is 2.44. The number of para-hydroxylation sites is 1. The summed E-state index contributed by atoms with van der Waals surface area (Å²) in [5, 5.41) is 18.1. The lowest BCUT2D eigenvalue weighted by molar-refractivity contribution is -0.158. The van der Waals surface area contributed by atoms with Gasteiger partial charge in [0.25, 0.3) is 0 Å². The molecule has 2 aliphatic rings. The number of hydrogen-bond donors (Lipinski definition) is 3. The summed E-state index contributed by atoms with van der Waals surface area (Å²) in [5.74, 6) is 0.556. The Morgan fingerprint density at radius 2 is 1.74 bits per heavy atom. The van der Waals surface area contributed by atoms with E-state index in [1.54, 1.807) is 11.3 Å². The minimum Gasteiger partial charge on any atom is -0.396 e. The summed E-state index contributed by atoms with van der Waals surface area (Å²) < 4.78 is 13.6. The lowest BCUT2D eigenvalue weighted by Gasteiger charge is -2.25. The van der Waals surface area contributed by atoms with Crippen LogP contribution in [0.15, 0.2) is 42.5 Å². The van der Waals surface area contributed by atoms with Crippen LogP contribution in [0.3, 0.4) is 0 Å². The van der Waals surface area contributed by atoms with Gasteiger partial charge in [0.15, 0.2) is 5.79 Å². The fourth-order valence-corrected chi connectivity index (χ4v) is 6.99. The minimum absolute atomic E-state index is 0.00901. The Labute approximate surface area is 232 Å². The Morgan fingerprint density at radius 1 is 1.00 bits per heavy atom. The molecule has 3 N–H and O–H groups in total. The molecular formula is C30H35N5O3S. The van der Waals surface area contributed by atoms with Crippen molar-refractivity contribution in [1.29, 1.82) is 0 Å². The molecule has 0 amide bonds. The Balaban J connectivity index is 1.36. The maximum absolute atomic E-state index is 10.1. The molecule has 1 aliphatic carbocycles. The van der Waals surface area contributed by atoms with Gasteiger partial charge in [0.1, 0.15) is 16.9 Å². The molecule has 3 heterocycles. The second-order valence-corrected chi connectivity index (χ2v) is 12.2. The SMILES string of the molecule is Cc1cc(C)cc(CNc2nc(C)c(-c3nc4ccccc4s3)c(N[C@@H]3C[C@H](CO)[C@H]4OC(C)(C)O[C@H]43)n2)c1. The third-order valence-electron chi connectivity index (χ3n) is 7.47. The van der Waals surface area contributed by atoms with Crippen molar-refractivity contribution in [2.45, 2.75) is 71.6 Å². The first kappa shape index (κ1) is 26.1. The number of fused-ring (bicyclic) bond motifs is 2. The molecular weight excluding hydrogens is 510 g/mol. The zero-order valence-electron chi connectivity index (χ0n) is 23.0. The normalized spacial score (nSPS) is 23.7. The second-order valence-electron chi connectivity index (χ2n) is 11.2. The van der Waals surface area contributed by atoms with Crippen LogP contribution in [-0.2, 0) is 16.0 Å². The molecule has 39 heavy (non-hydrogen) atoms. The van der Waals surface area contributed by atoms with Gasteiger partial charge in [-0.3, -0.25) is 0 Å². The van der Waals surface area contributed by atoms with Gasteiger partial charge in [-0.25, -0.2) is 9.97 Å². The molecule has 0 spiro atoms. The number of nitrogens with one attached hydrogen (secondary N) is 2. The van der Waals surface area contributed by atoms with Crippen molar-refractivity contribution in [2.75, 3.05) is 17.2 Å². The smallest absolute Gasteiger partial charge is 0.225 e. The Bertz CT molecular complexity index is 1470. The molecule has 6 rings (SSSR count). The molecule has 8 nitrogen and oxygen atoms in total. The van der Waals surface area contributed by atoms with Gasteiger partial charge in [0.2, 0.25) is 5.95 Å². The molecule has 9 heteroatoms. The zero-order chi connectivity index (χ0) is 27.3. The maximum Gasteiger partial charge on any atom is 0.225 e. The predicted molar refractivity (Wildman–Crippen MR) is 155 cm³/mol. The molecule has 4 aromatic rings. The predicted octanol–water partition coefficient (Wildman–Crippen LogP) is 5.60. The molecule has 0 unspecified atom stereocenters. The van der Waals surface area contributed by atoms with E-state index in [2.05, 4.69) is 48.7 Å². The summed E-state index contributed by atoms with van der Waals surface area (Å²) >= 11 is 1.63. The first-order valence-corrected chi connectivity index (χ1v) is 14.3. The Hall–Kier alpha value is -3.11. The van der Waals surface area contributed by atoms with Crippen molar-refractivity contribution in [2.24, 2.45) is 5.92 Å². The van der Waals surface area contributed by atoms with Gasteiger partial charge in [-0.15, -0.1) is 11.3 Å². The highest BCUT2D eigenvalue weighted by Gasteiger charge is 2.54. The van der Waals surface area contributed by atoms with E-state index in [-0.39, 0.29) is 30.8 Å². The lowest BCUT2D eigenvalue weighted by atomic mass is 10.1. The van der Waals surface area contributed by atoms with E-state index in [0.717, 1.165) is 32.9 Å². The van der Waals surface area contributed by atoms with Crippen molar-refractivity contribution in [3.05, 3.63) is 64.8 Å².